The van der Waals surface area contributed by atoms with Gasteiger partial charge in [-0.1, -0.05) is 67.6 Å². The van der Waals surface area contributed by atoms with E-state index in [4.69, 9.17) is 5.73 Å². The first-order valence-corrected chi connectivity index (χ1v) is 6.85. The summed E-state index contributed by atoms with van der Waals surface area (Å²) in [6, 6.07) is 20.0. The van der Waals surface area contributed by atoms with Crippen molar-refractivity contribution in [2.24, 2.45) is 5.73 Å². The fraction of sp³-hybridized carbons (Fsp3) is 0.235. The van der Waals surface area contributed by atoms with Gasteiger partial charge in [0.25, 0.3) is 0 Å². The largest absolute Gasteiger partial charge is 0.341 e. The molecule has 0 aromatic heterocycles. The zero-order valence-corrected chi connectivity index (χ0v) is 11.7. The molecule has 20 heavy (non-hydrogen) atoms. The van der Waals surface area contributed by atoms with Gasteiger partial charge < -0.3 is 11.1 Å². The lowest BCUT2D eigenvalue weighted by Crippen LogP contribution is -2.48. The van der Waals surface area contributed by atoms with E-state index < -0.39 is 5.54 Å². The standard InChI is InChI=1S/C17H20N2O/c1-2-17(19-16(20)13-18,14-9-5-3-6-10-14)15-11-7-4-8-12-15/h3-12H,2,13,18H2,1H3,(H,19,20). The third-order valence-corrected chi connectivity index (χ3v) is 3.60. The second kappa shape index (κ2) is 6.35. The number of hydrogen-bond acceptors (Lipinski definition) is 2. The minimum Gasteiger partial charge on any atom is -0.341 e. The molecule has 1 amide bonds. The van der Waals surface area contributed by atoms with Gasteiger partial charge in [-0.25, -0.2) is 0 Å². The fourth-order valence-corrected chi connectivity index (χ4v) is 2.54. The van der Waals surface area contributed by atoms with Crippen molar-refractivity contribution in [3.05, 3.63) is 71.8 Å². The van der Waals surface area contributed by atoms with Crippen LogP contribution in [0.2, 0.25) is 0 Å². The minimum absolute atomic E-state index is 0.0125. The molecule has 0 saturated heterocycles. The van der Waals surface area contributed by atoms with Gasteiger partial charge in [-0.2, -0.15) is 0 Å². The van der Waals surface area contributed by atoms with E-state index in [0.29, 0.717) is 0 Å². The number of nitrogens with one attached hydrogen (secondary N) is 1. The average molecular weight is 268 g/mol. The second-order valence-electron chi connectivity index (χ2n) is 4.74. The summed E-state index contributed by atoms with van der Waals surface area (Å²) in [5.41, 5.74) is 7.08. The molecular weight excluding hydrogens is 248 g/mol. The van der Waals surface area contributed by atoms with Crippen molar-refractivity contribution in [1.82, 2.24) is 5.32 Å². The molecule has 0 radical (unpaired) electrons. The summed E-state index contributed by atoms with van der Waals surface area (Å²) in [7, 11) is 0. The topological polar surface area (TPSA) is 55.1 Å². The van der Waals surface area contributed by atoms with Gasteiger partial charge in [-0.3, -0.25) is 4.79 Å². The molecule has 0 heterocycles. The highest BCUT2D eigenvalue weighted by atomic mass is 16.2. The number of hydrogen-bond donors (Lipinski definition) is 2. The Morgan fingerprint density at radius 2 is 1.45 bits per heavy atom. The summed E-state index contributed by atoms with van der Waals surface area (Å²) in [4.78, 5) is 11.9. The van der Waals surface area contributed by atoms with Crippen LogP contribution >= 0.6 is 0 Å². The second-order valence-corrected chi connectivity index (χ2v) is 4.74. The van der Waals surface area contributed by atoms with Crippen LogP contribution in [0.25, 0.3) is 0 Å². The monoisotopic (exact) mass is 268 g/mol. The van der Waals surface area contributed by atoms with Crippen LogP contribution in [0.4, 0.5) is 0 Å². The third kappa shape index (κ3) is 2.73. The van der Waals surface area contributed by atoms with Crippen molar-refractivity contribution < 1.29 is 4.79 Å². The SMILES string of the molecule is CCC(NC(=O)CN)(c1ccccc1)c1ccccc1. The minimum atomic E-state index is -0.529. The molecule has 0 fully saturated rings. The van der Waals surface area contributed by atoms with Gasteiger partial charge in [0.1, 0.15) is 0 Å². The van der Waals surface area contributed by atoms with Gasteiger partial charge in [0, 0.05) is 0 Å². The Kier molecular flexibility index (Phi) is 4.53. The van der Waals surface area contributed by atoms with Gasteiger partial charge in [0.05, 0.1) is 12.1 Å². The van der Waals surface area contributed by atoms with E-state index in [9.17, 15) is 4.79 Å². The predicted octanol–water partition coefficient (Wildman–Crippen LogP) is 2.42. The number of carbonyl (C=O) groups is 1. The first-order chi connectivity index (χ1) is 9.73. The van der Waals surface area contributed by atoms with Crippen molar-refractivity contribution >= 4 is 5.91 Å². The fourth-order valence-electron chi connectivity index (χ4n) is 2.54. The Labute approximate surface area is 119 Å². The first kappa shape index (κ1) is 14.3. The van der Waals surface area contributed by atoms with Crippen molar-refractivity contribution in [3.63, 3.8) is 0 Å². The molecular formula is C17H20N2O. The van der Waals surface area contributed by atoms with Gasteiger partial charge in [-0.15, -0.1) is 0 Å². The molecule has 0 saturated carbocycles. The summed E-state index contributed by atoms with van der Waals surface area (Å²) in [5, 5.41) is 3.10. The van der Waals surface area contributed by atoms with E-state index in [-0.39, 0.29) is 12.5 Å². The molecule has 0 atom stereocenters. The third-order valence-electron chi connectivity index (χ3n) is 3.60. The van der Waals surface area contributed by atoms with E-state index >= 15 is 0 Å². The number of rotatable bonds is 5. The molecule has 3 nitrogen and oxygen atoms in total. The van der Waals surface area contributed by atoms with Crippen molar-refractivity contribution in [1.29, 1.82) is 0 Å². The Morgan fingerprint density at radius 1 is 1.00 bits per heavy atom. The van der Waals surface area contributed by atoms with Gasteiger partial charge >= 0.3 is 0 Å². The van der Waals surface area contributed by atoms with Crippen LogP contribution in [0.1, 0.15) is 24.5 Å². The average Bonchev–Trinajstić information content (AvgIpc) is 2.54. The van der Waals surface area contributed by atoms with Gasteiger partial charge in [-0.05, 0) is 17.5 Å². The molecule has 0 aliphatic carbocycles. The maximum absolute atomic E-state index is 11.9. The molecule has 0 aliphatic rings. The Balaban J connectivity index is 2.55. The van der Waals surface area contributed by atoms with E-state index in [0.717, 1.165) is 17.5 Å². The summed E-state index contributed by atoms with van der Waals surface area (Å²) in [5.74, 6) is -0.153. The molecule has 0 unspecified atom stereocenters. The molecule has 0 bridgehead atoms. The zero-order chi connectivity index (χ0) is 14.4. The smallest absolute Gasteiger partial charge is 0.234 e. The van der Waals surface area contributed by atoms with Crippen LogP contribution in [-0.4, -0.2) is 12.5 Å². The highest BCUT2D eigenvalue weighted by Gasteiger charge is 2.33. The summed E-state index contributed by atoms with van der Waals surface area (Å²) < 4.78 is 0. The van der Waals surface area contributed by atoms with Crippen LogP contribution < -0.4 is 11.1 Å². The summed E-state index contributed by atoms with van der Waals surface area (Å²) in [6.45, 7) is 2.05. The van der Waals surface area contributed by atoms with E-state index in [1.165, 1.54) is 0 Å². The normalized spacial score (nSPS) is 11.1. The van der Waals surface area contributed by atoms with Crippen LogP contribution in [0, 0.1) is 0 Å². The lowest BCUT2D eigenvalue weighted by Gasteiger charge is -2.35. The lowest BCUT2D eigenvalue weighted by atomic mass is 9.80. The van der Waals surface area contributed by atoms with E-state index in [1.54, 1.807) is 0 Å². The Morgan fingerprint density at radius 3 is 1.80 bits per heavy atom. The molecule has 3 heteroatoms. The Bertz CT molecular complexity index is 512. The van der Waals surface area contributed by atoms with Crippen LogP contribution in [0.3, 0.4) is 0 Å². The van der Waals surface area contributed by atoms with Crippen LogP contribution in [0.5, 0.6) is 0 Å². The highest BCUT2D eigenvalue weighted by Crippen LogP contribution is 2.32. The molecule has 104 valence electrons. The van der Waals surface area contributed by atoms with E-state index in [1.807, 2.05) is 60.7 Å². The summed E-state index contributed by atoms with van der Waals surface area (Å²) >= 11 is 0. The van der Waals surface area contributed by atoms with Crippen molar-refractivity contribution in [2.75, 3.05) is 6.54 Å². The van der Waals surface area contributed by atoms with E-state index in [2.05, 4.69) is 12.2 Å². The van der Waals surface area contributed by atoms with Crippen molar-refractivity contribution in [2.45, 2.75) is 18.9 Å². The quantitative estimate of drug-likeness (QED) is 0.875. The Hall–Kier alpha value is -2.13. The predicted molar refractivity (Wildman–Crippen MR) is 81.2 cm³/mol. The molecule has 2 aromatic rings. The van der Waals surface area contributed by atoms with Gasteiger partial charge in [0.2, 0.25) is 5.91 Å². The lowest BCUT2D eigenvalue weighted by molar-refractivity contribution is -0.121. The maximum atomic E-state index is 11.9. The van der Waals surface area contributed by atoms with Crippen LogP contribution in [0.15, 0.2) is 60.7 Å². The molecule has 2 rings (SSSR count). The molecule has 0 spiro atoms. The molecule has 3 N–H and O–H groups in total. The number of amides is 1. The zero-order valence-electron chi connectivity index (χ0n) is 11.7. The number of benzene rings is 2. The highest BCUT2D eigenvalue weighted by molar-refractivity contribution is 5.79. The summed E-state index contributed by atoms with van der Waals surface area (Å²) in [6.07, 6.45) is 0.757. The van der Waals surface area contributed by atoms with Crippen LogP contribution in [-0.2, 0) is 10.3 Å². The van der Waals surface area contributed by atoms with Gasteiger partial charge in [0.15, 0.2) is 0 Å². The maximum Gasteiger partial charge on any atom is 0.234 e. The first-order valence-electron chi connectivity index (χ1n) is 6.85. The molecule has 0 aliphatic heterocycles. The number of nitrogens with two attached hydrogens (primary N) is 1. The van der Waals surface area contributed by atoms with Crippen molar-refractivity contribution in [3.8, 4) is 0 Å². The number of carbonyl (C=O) groups excluding carboxylic acids is 1. The molecule has 2 aromatic carbocycles.